The lowest BCUT2D eigenvalue weighted by Crippen LogP contribution is -2.38. The van der Waals surface area contributed by atoms with Crippen molar-refractivity contribution < 1.29 is 9.59 Å². The van der Waals surface area contributed by atoms with Gasteiger partial charge >= 0.3 is 0 Å². The Morgan fingerprint density at radius 1 is 1.21 bits per heavy atom. The standard InChI is InChI=1S/C15H16ClNO2/c16-10-4-5-11-12(8-10)14(18)9-13(11)15(19)17-6-2-1-3-7-17/h4-5,8,13H,1-3,6-7,9H2. The molecule has 3 rings (SSSR count). The van der Waals surface area contributed by atoms with Gasteiger partial charge in [-0.05, 0) is 37.0 Å². The van der Waals surface area contributed by atoms with Crippen LogP contribution in [0.2, 0.25) is 5.02 Å². The van der Waals surface area contributed by atoms with Crippen LogP contribution in [0.25, 0.3) is 0 Å². The lowest BCUT2D eigenvalue weighted by Gasteiger charge is -2.29. The van der Waals surface area contributed by atoms with Crippen LogP contribution in [0.3, 0.4) is 0 Å². The minimum absolute atomic E-state index is 0.0351. The quantitative estimate of drug-likeness (QED) is 0.791. The van der Waals surface area contributed by atoms with Gasteiger partial charge in [0.2, 0.25) is 5.91 Å². The number of likely N-dealkylation sites (tertiary alicyclic amines) is 1. The highest BCUT2D eigenvalue weighted by Gasteiger charge is 2.36. The number of hydrogen-bond donors (Lipinski definition) is 0. The van der Waals surface area contributed by atoms with Gasteiger partial charge in [0, 0.05) is 30.1 Å². The first-order valence-corrected chi connectivity index (χ1v) is 7.16. The Morgan fingerprint density at radius 3 is 2.68 bits per heavy atom. The Bertz CT molecular complexity index is 535. The van der Waals surface area contributed by atoms with Crippen LogP contribution in [0, 0.1) is 0 Å². The zero-order valence-electron chi connectivity index (χ0n) is 10.7. The van der Waals surface area contributed by atoms with Gasteiger partial charge in [-0.2, -0.15) is 0 Å². The first-order chi connectivity index (χ1) is 9.16. The van der Waals surface area contributed by atoms with Crippen molar-refractivity contribution in [2.24, 2.45) is 0 Å². The van der Waals surface area contributed by atoms with E-state index in [-0.39, 0.29) is 17.6 Å². The second-order valence-corrected chi connectivity index (χ2v) is 5.73. The Kier molecular flexibility index (Phi) is 3.31. The number of Topliss-reactive ketones (excluding diaryl/α,β-unsaturated/α-hetero) is 1. The molecule has 1 atom stereocenters. The molecule has 100 valence electrons. The van der Waals surface area contributed by atoms with Gasteiger partial charge in [-0.1, -0.05) is 17.7 Å². The maximum Gasteiger partial charge on any atom is 0.230 e. The summed E-state index contributed by atoms with van der Waals surface area (Å²) in [6.45, 7) is 1.65. The van der Waals surface area contributed by atoms with E-state index in [1.165, 1.54) is 6.42 Å². The van der Waals surface area contributed by atoms with Crippen LogP contribution in [0.15, 0.2) is 18.2 Å². The van der Waals surface area contributed by atoms with Gasteiger partial charge in [0.1, 0.15) is 0 Å². The van der Waals surface area contributed by atoms with Gasteiger partial charge in [0.15, 0.2) is 5.78 Å². The van der Waals surface area contributed by atoms with Crippen LogP contribution >= 0.6 is 11.6 Å². The first-order valence-electron chi connectivity index (χ1n) is 6.78. The molecular weight excluding hydrogens is 262 g/mol. The highest BCUT2D eigenvalue weighted by atomic mass is 35.5. The Balaban J connectivity index is 1.87. The minimum atomic E-state index is -0.294. The molecule has 1 saturated heterocycles. The minimum Gasteiger partial charge on any atom is -0.342 e. The first kappa shape index (κ1) is 12.7. The van der Waals surface area contributed by atoms with Crippen molar-refractivity contribution in [1.82, 2.24) is 4.90 Å². The SMILES string of the molecule is O=C1CC(C(=O)N2CCCCC2)c2ccc(Cl)cc21. The number of fused-ring (bicyclic) bond motifs is 1. The van der Waals surface area contributed by atoms with Crippen LogP contribution in [-0.4, -0.2) is 29.7 Å². The molecule has 1 aliphatic carbocycles. The van der Waals surface area contributed by atoms with E-state index in [0.29, 0.717) is 17.0 Å². The van der Waals surface area contributed by atoms with Crippen molar-refractivity contribution in [1.29, 1.82) is 0 Å². The van der Waals surface area contributed by atoms with Crippen molar-refractivity contribution in [2.45, 2.75) is 31.6 Å². The number of benzene rings is 1. The number of nitrogens with zero attached hydrogens (tertiary/aromatic N) is 1. The molecule has 1 unspecified atom stereocenters. The van der Waals surface area contributed by atoms with Gasteiger partial charge < -0.3 is 4.90 Å². The van der Waals surface area contributed by atoms with Crippen LogP contribution in [0.5, 0.6) is 0 Å². The summed E-state index contributed by atoms with van der Waals surface area (Å²) < 4.78 is 0. The van der Waals surface area contributed by atoms with E-state index >= 15 is 0 Å². The van der Waals surface area contributed by atoms with Gasteiger partial charge in [-0.25, -0.2) is 0 Å². The molecule has 0 bridgehead atoms. The fourth-order valence-electron chi connectivity index (χ4n) is 3.03. The molecular formula is C15H16ClNO2. The molecule has 0 spiro atoms. The molecule has 1 aliphatic heterocycles. The lowest BCUT2D eigenvalue weighted by molar-refractivity contribution is -0.133. The molecule has 1 amide bonds. The third-order valence-corrected chi connectivity index (χ3v) is 4.28. The predicted octanol–water partition coefficient (Wildman–Crippen LogP) is 3.02. The van der Waals surface area contributed by atoms with E-state index in [4.69, 9.17) is 11.6 Å². The van der Waals surface area contributed by atoms with Crippen molar-refractivity contribution in [3.05, 3.63) is 34.3 Å². The third kappa shape index (κ3) is 2.27. The average molecular weight is 278 g/mol. The predicted molar refractivity (Wildman–Crippen MR) is 73.6 cm³/mol. The number of amides is 1. The van der Waals surface area contributed by atoms with Gasteiger partial charge in [0.05, 0.1) is 5.92 Å². The molecule has 4 heteroatoms. The van der Waals surface area contributed by atoms with Gasteiger partial charge in [-0.3, -0.25) is 9.59 Å². The second-order valence-electron chi connectivity index (χ2n) is 5.30. The molecule has 0 radical (unpaired) electrons. The summed E-state index contributed by atoms with van der Waals surface area (Å²) in [5, 5.41) is 0.554. The number of carbonyl (C=O) groups is 2. The van der Waals surface area contributed by atoms with Gasteiger partial charge in [-0.15, -0.1) is 0 Å². The number of hydrogen-bond acceptors (Lipinski definition) is 2. The van der Waals surface area contributed by atoms with Crippen molar-refractivity contribution in [3.63, 3.8) is 0 Å². The third-order valence-electron chi connectivity index (χ3n) is 4.05. The summed E-state index contributed by atoms with van der Waals surface area (Å²) in [6, 6.07) is 5.27. The smallest absolute Gasteiger partial charge is 0.230 e. The molecule has 19 heavy (non-hydrogen) atoms. The maximum atomic E-state index is 12.5. The zero-order chi connectivity index (χ0) is 13.4. The summed E-state index contributed by atoms with van der Waals surface area (Å²) >= 11 is 5.92. The van der Waals surface area contributed by atoms with Crippen molar-refractivity contribution in [3.8, 4) is 0 Å². The molecule has 1 aromatic rings. The van der Waals surface area contributed by atoms with Crippen LogP contribution in [0.4, 0.5) is 0 Å². The number of ketones is 1. The maximum absolute atomic E-state index is 12.5. The van der Waals surface area contributed by atoms with E-state index in [1.807, 2.05) is 11.0 Å². The van der Waals surface area contributed by atoms with E-state index < -0.39 is 0 Å². The average Bonchev–Trinajstić information content (AvgIpc) is 2.76. The topological polar surface area (TPSA) is 37.4 Å². The highest BCUT2D eigenvalue weighted by Crippen LogP contribution is 2.36. The summed E-state index contributed by atoms with van der Waals surface area (Å²) in [5.41, 5.74) is 1.48. The molecule has 3 nitrogen and oxygen atoms in total. The number of halogens is 1. The zero-order valence-corrected chi connectivity index (χ0v) is 11.4. The molecule has 1 fully saturated rings. The lowest BCUT2D eigenvalue weighted by atomic mass is 9.98. The summed E-state index contributed by atoms with van der Waals surface area (Å²) in [4.78, 5) is 26.4. The Labute approximate surface area is 117 Å². The van der Waals surface area contributed by atoms with Crippen LogP contribution < -0.4 is 0 Å². The van der Waals surface area contributed by atoms with Gasteiger partial charge in [0.25, 0.3) is 0 Å². The number of rotatable bonds is 1. The monoisotopic (exact) mass is 277 g/mol. The molecule has 0 saturated carbocycles. The highest BCUT2D eigenvalue weighted by molar-refractivity contribution is 6.31. The largest absolute Gasteiger partial charge is 0.342 e. The molecule has 0 N–H and O–H groups in total. The van der Waals surface area contributed by atoms with E-state index in [0.717, 1.165) is 31.5 Å². The van der Waals surface area contributed by atoms with E-state index in [1.54, 1.807) is 12.1 Å². The molecule has 0 aromatic heterocycles. The van der Waals surface area contributed by atoms with Crippen molar-refractivity contribution >= 4 is 23.3 Å². The number of piperidine rings is 1. The van der Waals surface area contributed by atoms with Crippen molar-refractivity contribution in [2.75, 3.05) is 13.1 Å². The van der Waals surface area contributed by atoms with E-state index in [2.05, 4.69) is 0 Å². The normalized spacial score (nSPS) is 22.5. The number of carbonyl (C=O) groups excluding carboxylic acids is 2. The van der Waals surface area contributed by atoms with E-state index in [9.17, 15) is 9.59 Å². The summed E-state index contributed by atoms with van der Waals surface area (Å²) in [7, 11) is 0. The summed E-state index contributed by atoms with van der Waals surface area (Å²) in [5.74, 6) is -0.153. The molecule has 1 aromatic carbocycles. The van der Waals surface area contributed by atoms with Crippen LogP contribution in [-0.2, 0) is 4.79 Å². The Hall–Kier alpha value is -1.35. The Morgan fingerprint density at radius 2 is 1.95 bits per heavy atom. The van der Waals surface area contributed by atoms with Crippen LogP contribution in [0.1, 0.15) is 47.5 Å². The fourth-order valence-corrected chi connectivity index (χ4v) is 3.21. The second kappa shape index (κ2) is 4.97. The molecule has 2 aliphatic rings. The summed E-state index contributed by atoms with van der Waals surface area (Å²) in [6.07, 6.45) is 3.63. The fraction of sp³-hybridized carbons (Fsp3) is 0.467. The molecule has 1 heterocycles.